The van der Waals surface area contributed by atoms with Gasteiger partial charge in [-0.3, -0.25) is 4.79 Å². The van der Waals surface area contributed by atoms with Crippen LogP contribution in [0.3, 0.4) is 0 Å². The highest BCUT2D eigenvalue weighted by atomic mass is 32.2. The second-order valence-electron chi connectivity index (χ2n) is 8.11. The fourth-order valence-electron chi connectivity index (χ4n) is 3.66. The van der Waals surface area contributed by atoms with Crippen LogP contribution >= 0.6 is 11.8 Å². The van der Waals surface area contributed by atoms with E-state index in [2.05, 4.69) is 15.5 Å². The van der Waals surface area contributed by atoms with Crippen molar-refractivity contribution in [3.05, 3.63) is 59.9 Å². The molecule has 2 heterocycles. The molecule has 0 unspecified atom stereocenters. The molecule has 3 aromatic rings. The minimum Gasteiger partial charge on any atom is -0.378 e. The first kappa shape index (κ1) is 23.2. The number of carbonyl (C=O) groups excluding carboxylic acids is 1. The summed E-state index contributed by atoms with van der Waals surface area (Å²) in [7, 11) is 3.99. The van der Waals surface area contributed by atoms with Crippen LogP contribution < -0.4 is 4.90 Å². The van der Waals surface area contributed by atoms with E-state index in [0.717, 1.165) is 30.7 Å². The van der Waals surface area contributed by atoms with Gasteiger partial charge in [0.05, 0.1) is 17.5 Å². The Morgan fingerprint density at radius 3 is 2.76 bits per heavy atom. The fourth-order valence-corrected chi connectivity index (χ4v) is 4.46. The predicted octanol–water partition coefficient (Wildman–Crippen LogP) is 3.17. The van der Waals surface area contributed by atoms with E-state index >= 15 is 0 Å². The quantitative estimate of drug-likeness (QED) is 0.445. The molecule has 1 amide bonds. The van der Waals surface area contributed by atoms with Crippen LogP contribution in [0.15, 0.2) is 53.7 Å². The summed E-state index contributed by atoms with van der Waals surface area (Å²) >= 11 is 1.23. The van der Waals surface area contributed by atoms with Crippen molar-refractivity contribution in [1.29, 1.82) is 0 Å². The zero-order chi connectivity index (χ0) is 23.2. The molecular formula is C23H27FN6O2S. The molecule has 33 heavy (non-hydrogen) atoms. The van der Waals surface area contributed by atoms with Gasteiger partial charge in [-0.2, -0.15) is 4.68 Å². The lowest BCUT2D eigenvalue weighted by molar-refractivity contribution is -0.130. The second kappa shape index (κ2) is 10.8. The number of aromatic nitrogens is 4. The first-order valence-corrected chi connectivity index (χ1v) is 11.8. The summed E-state index contributed by atoms with van der Waals surface area (Å²) in [5, 5.41) is 12.1. The average Bonchev–Trinajstić information content (AvgIpc) is 3.49. The monoisotopic (exact) mass is 470 g/mol. The molecule has 0 spiro atoms. The number of anilines is 1. The van der Waals surface area contributed by atoms with Gasteiger partial charge in [-0.25, -0.2) is 4.39 Å². The van der Waals surface area contributed by atoms with Crippen molar-refractivity contribution < 1.29 is 13.9 Å². The molecule has 1 aliphatic rings. The SMILES string of the molecule is CN(C)c1ccc(CN(C[C@H]2CCCO2)C(=O)CSc2nnnn2-c2cccc(F)c2)cc1. The van der Waals surface area contributed by atoms with Crippen LogP contribution in [0, 0.1) is 5.82 Å². The Balaban J connectivity index is 1.45. The molecule has 0 radical (unpaired) electrons. The summed E-state index contributed by atoms with van der Waals surface area (Å²) in [6.45, 7) is 1.78. The van der Waals surface area contributed by atoms with Gasteiger partial charge in [0.1, 0.15) is 5.82 Å². The van der Waals surface area contributed by atoms with Crippen LogP contribution in [0.5, 0.6) is 0 Å². The molecule has 8 nitrogen and oxygen atoms in total. The molecular weight excluding hydrogens is 443 g/mol. The normalized spacial score (nSPS) is 15.5. The topological polar surface area (TPSA) is 76.4 Å². The summed E-state index contributed by atoms with van der Waals surface area (Å²) in [6, 6.07) is 14.2. The van der Waals surface area contributed by atoms with E-state index in [0.29, 0.717) is 23.9 Å². The number of ether oxygens (including phenoxy) is 1. The number of thioether (sulfide) groups is 1. The average molecular weight is 471 g/mol. The Hall–Kier alpha value is -2.98. The summed E-state index contributed by atoms with van der Waals surface area (Å²) in [6.07, 6.45) is 2.02. The first-order chi connectivity index (χ1) is 16.0. The molecule has 1 aliphatic heterocycles. The van der Waals surface area contributed by atoms with Crippen LogP contribution in [0.2, 0.25) is 0 Å². The second-order valence-corrected chi connectivity index (χ2v) is 9.05. The van der Waals surface area contributed by atoms with Crippen molar-refractivity contribution in [2.45, 2.75) is 30.6 Å². The van der Waals surface area contributed by atoms with E-state index in [1.165, 1.54) is 28.6 Å². The van der Waals surface area contributed by atoms with Crippen LogP contribution in [0.4, 0.5) is 10.1 Å². The van der Waals surface area contributed by atoms with E-state index in [1.807, 2.05) is 48.2 Å². The number of nitrogens with zero attached hydrogens (tertiary/aromatic N) is 6. The van der Waals surface area contributed by atoms with Gasteiger partial charge in [-0.1, -0.05) is 30.0 Å². The highest BCUT2D eigenvalue weighted by Gasteiger charge is 2.24. The third-order valence-corrected chi connectivity index (χ3v) is 6.35. The Kier molecular flexibility index (Phi) is 7.56. The van der Waals surface area contributed by atoms with E-state index in [1.54, 1.807) is 12.1 Å². The standard InChI is InChI=1S/C23H27FN6O2S/c1-28(2)19-10-8-17(9-11-19)14-29(15-21-7-4-12-32-21)22(31)16-33-23-25-26-27-30(23)20-6-3-5-18(24)13-20/h3,5-6,8-11,13,21H,4,7,12,14-16H2,1-2H3/t21-/m1/s1. The summed E-state index contributed by atoms with van der Waals surface area (Å²) in [5.74, 6) is -0.239. The van der Waals surface area contributed by atoms with E-state index in [9.17, 15) is 9.18 Å². The van der Waals surface area contributed by atoms with Crippen molar-refractivity contribution >= 4 is 23.4 Å². The number of halogens is 1. The molecule has 10 heteroatoms. The Morgan fingerprint density at radius 2 is 2.06 bits per heavy atom. The molecule has 0 bridgehead atoms. The third-order valence-electron chi connectivity index (χ3n) is 5.45. The smallest absolute Gasteiger partial charge is 0.233 e. The van der Waals surface area contributed by atoms with Crippen molar-refractivity contribution in [2.75, 3.05) is 37.9 Å². The van der Waals surface area contributed by atoms with Crippen molar-refractivity contribution in [2.24, 2.45) is 0 Å². The number of tetrazole rings is 1. The highest BCUT2D eigenvalue weighted by molar-refractivity contribution is 7.99. The van der Waals surface area contributed by atoms with Crippen LogP contribution in [0.1, 0.15) is 18.4 Å². The highest BCUT2D eigenvalue weighted by Crippen LogP contribution is 2.22. The number of hydrogen-bond donors (Lipinski definition) is 0. The van der Waals surface area contributed by atoms with Gasteiger partial charge in [-0.05, 0) is 59.2 Å². The Labute approximate surface area is 196 Å². The lowest BCUT2D eigenvalue weighted by atomic mass is 10.1. The van der Waals surface area contributed by atoms with Gasteiger partial charge in [0, 0.05) is 39.5 Å². The molecule has 4 rings (SSSR count). The Bertz CT molecular complexity index is 1070. The lowest BCUT2D eigenvalue weighted by Crippen LogP contribution is -2.38. The van der Waals surface area contributed by atoms with E-state index < -0.39 is 0 Å². The zero-order valence-electron chi connectivity index (χ0n) is 18.7. The maximum absolute atomic E-state index is 13.6. The van der Waals surface area contributed by atoms with Gasteiger partial charge in [0.15, 0.2) is 0 Å². The molecule has 1 fully saturated rings. The lowest BCUT2D eigenvalue weighted by Gasteiger charge is -2.26. The molecule has 1 aromatic heterocycles. The van der Waals surface area contributed by atoms with Crippen LogP contribution in [-0.4, -0.2) is 70.1 Å². The van der Waals surface area contributed by atoms with Gasteiger partial charge >= 0.3 is 0 Å². The number of hydrogen-bond acceptors (Lipinski definition) is 7. The maximum atomic E-state index is 13.6. The van der Waals surface area contributed by atoms with Crippen molar-refractivity contribution in [3.8, 4) is 5.69 Å². The number of benzene rings is 2. The van der Waals surface area contributed by atoms with Gasteiger partial charge in [-0.15, -0.1) is 5.10 Å². The van der Waals surface area contributed by atoms with Gasteiger partial charge < -0.3 is 14.5 Å². The molecule has 1 saturated heterocycles. The summed E-state index contributed by atoms with van der Waals surface area (Å²) < 4.78 is 20.8. The molecule has 0 saturated carbocycles. The molecule has 2 aromatic carbocycles. The van der Waals surface area contributed by atoms with Crippen LogP contribution in [0.25, 0.3) is 5.69 Å². The Morgan fingerprint density at radius 1 is 1.24 bits per heavy atom. The first-order valence-electron chi connectivity index (χ1n) is 10.8. The van der Waals surface area contributed by atoms with Gasteiger partial charge in [0.2, 0.25) is 11.1 Å². The summed E-state index contributed by atoms with van der Waals surface area (Å²) in [5.41, 5.74) is 2.67. The van der Waals surface area contributed by atoms with Crippen LogP contribution in [-0.2, 0) is 16.1 Å². The minimum atomic E-state index is -0.377. The summed E-state index contributed by atoms with van der Waals surface area (Å²) in [4.78, 5) is 17.1. The van der Waals surface area contributed by atoms with Crippen molar-refractivity contribution in [3.63, 3.8) is 0 Å². The number of carbonyl (C=O) groups is 1. The predicted molar refractivity (Wildman–Crippen MR) is 125 cm³/mol. The molecule has 174 valence electrons. The van der Waals surface area contributed by atoms with E-state index in [-0.39, 0.29) is 23.6 Å². The molecule has 0 aliphatic carbocycles. The maximum Gasteiger partial charge on any atom is 0.233 e. The molecule has 1 atom stereocenters. The third kappa shape index (κ3) is 6.08. The molecule has 0 N–H and O–H groups in total. The van der Waals surface area contributed by atoms with Gasteiger partial charge in [0.25, 0.3) is 0 Å². The van der Waals surface area contributed by atoms with E-state index in [4.69, 9.17) is 4.74 Å². The largest absolute Gasteiger partial charge is 0.378 e. The minimum absolute atomic E-state index is 0.0269. The zero-order valence-corrected chi connectivity index (χ0v) is 19.5. The van der Waals surface area contributed by atoms with Crippen molar-refractivity contribution in [1.82, 2.24) is 25.1 Å². The fraction of sp³-hybridized carbons (Fsp3) is 0.391. The number of rotatable bonds is 9. The number of amides is 1.